The second kappa shape index (κ2) is 13.4. The van der Waals surface area contributed by atoms with Gasteiger partial charge in [-0.1, -0.05) is 146 Å². The standard InChI is InChI=1S/C59H44N4/c1-3-14-39(15-4-1)56-60-57(41-17-11-16-40(34-41)47-22-12-24-53-55(47)49-21-9-10-23-52(49)63(53)45-18-5-2-6-19-45)62-58(61-56)42-25-27-48-51(35-42)59(43-30-36-29-37(32-43)33-44(59)31-36)50-28-26-38-13-7-8-20-46(38)54(48)50/h1-28,34-37,43-44H,29-33H2. The summed E-state index contributed by atoms with van der Waals surface area (Å²) in [6.07, 6.45) is 6.80. The minimum absolute atomic E-state index is 0.0230. The van der Waals surface area contributed by atoms with Gasteiger partial charge >= 0.3 is 0 Å². The Balaban J connectivity index is 0.949. The van der Waals surface area contributed by atoms with E-state index in [0.717, 1.165) is 45.6 Å². The summed E-state index contributed by atoms with van der Waals surface area (Å²) in [5.74, 6) is 5.16. The molecule has 4 bridgehead atoms. The monoisotopic (exact) mass is 808 g/mol. The number of fused-ring (bicyclic) bond motifs is 8. The van der Waals surface area contributed by atoms with Gasteiger partial charge in [0.2, 0.25) is 0 Å². The van der Waals surface area contributed by atoms with Crippen LogP contribution in [0.5, 0.6) is 0 Å². The number of aromatic nitrogens is 4. The van der Waals surface area contributed by atoms with E-state index < -0.39 is 0 Å². The molecule has 0 atom stereocenters. The summed E-state index contributed by atoms with van der Waals surface area (Å²) < 4.78 is 2.38. The van der Waals surface area contributed by atoms with Crippen LogP contribution in [0.15, 0.2) is 182 Å². The zero-order valence-corrected chi connectivity index (χ0v) is 35.0. The van der Waals surface area contributed by atoms with Gasteiger partial charge in [0, 0.05) is 38.6 Å². The first kappa shape index (κ1) is 35.4. The van der Waals surface area contributed by atoms with Crippen LogP contribution in [-0.4, -0.2) is 19.5 Å². The van der Waals surface area contributed by atoms with Crippen LogP contribution in [0.3, 0.4) is 0 Å². The lowest BCUT2D eigenvalue weighted by atomic mass is 9.43. The molecule has 0 aliphatic heterocycles. The summed E-state index contributed by atoms with van der Waals surface area (Å²) >= 11 is 0. The lowest BCUT2D eigenvalue weighted by Crippen LogP contribution is -2.55. The molecule has 5 aliphatic rings. The van der Waals surface area contributed by atoms with E-state index in [9.17, 15) is 0 Å². The Hall–Kier alpha value is -7.17. The van der Waals surface area contributed by atoms with Crippen molar-refractivity contribution in [1.82, 2.24) is 19.5 Å². The van der Waals surface area contributed by atoms with Crippen LogP contribution < -0.4 is 0 Å². The van der Waals surface area contributed by atoms with Crippen molar-refractivity contribution in [2.75, 3.05) is 0 Å². The van der Waals surface area contributed by atoms with Crippen molar-refractivity contribution in [2.24, 2.45) is 23.7 Å². The van der Waals surface area contributed by atoms with E-state index in [-0.39, 0.29) is 5.41 Å². The Labute approximate surface area is 367 Å². The molecular formula is C59H44N4. The summed E-state index contributed by atoms with van der Waals surface area (Å²) in [6, 6.07) is 66.4. The zero-order valence-electron chi connectivity index (χ0n) is 35.0. The van der Waals surface area contributed by atoms with E-state index in [2.05, 4.69) is 187 Å². The lowest BCUT2D eigenvalue weighted by molar-refractivity contribution is -0.0399. The third-order valence-corrected chi connectivity index (χ3v) is 15.6. The quantitative estimate of drug-likeness (QED) is 0.174. The first-order chi connectivity index (χ1) is 31.2. The highest BCUT2D eigenvalue weighted by molar-refractivity contribution is 6.16. The first-order valence-electron chi connectivity index (χ1n) is 22.9. The third kappa shape index (κ3) is 5.12. The van der Waals surface area contributed by atoms with Gasteiger partial charge in [0.25, 0.3) is 0 Å². The Kier molecular flexibility index (Phi) is 7.54. The van der Waals surface area contributed by atoms with Gasteiger partial charge in [-0.05, 0) is 136 Å². The molecule has 5 aliphatic carbocycles. The lowest BCUT2D eigenvalue weighted by Gasteiger charge is -2.61. The second-order valence-electron chi connectivity index (χ2n) is 18.8. The van der Waals surface area contributed by atoms with Crippen LogP contribution >= 0.6 is 0 Å². The maximum absolute atomic E-state index is 5.41. The maximum atomic E-state index is 5.41. The fraction of sp³-hybridized carbons (Fsp3) is 0.169. The van der Waals surface area contributed by atoms with E-state index in [1.807, 2.05) is 0 Å². The molecule has 15 rings (SSSR count). The molecule has 63 heavy (non-hydrogen) atoms. The van der Waals surface area contributed by atoms with Crippen LogP contribution in [0.25, 0.3) is 94.7 Å². The zero-order chi connectivity index (χ0) is 41.2. The molecule has 2 heterocycles. The number of benzene rings is 8. The van der Waals surface area contributed by atoms with Gasteiger partial charge in [-0.15, -0.1) is 0 Å². The van der Waals surface area contributed by atoms with Crippen molar-refractivity contribution >= 4 is 32.6 Å². The van der Waals surface area contributed by atoms with Crippen LogP contribution in [0.2, 0.25) is 0 Å². The molecular weight excluding hydrogens is 765 g/mol. The molecule has 300 valence electrons. The minimum Gasteiger partial charge on any atom is -0.309 e. The van der Waals surface area contributed by atoms with Crippen molar-refractivity contribution in [3.05, 3.63) is 193 Å². The van der Waals surface area contributed by atoms with Gasteiger partial charge in [-0.3, -0.25) is 0 Å². The SMILES string of the molecule is c1ccc(-c2nc(-c3cccc(-c4cccc5c4c4ccccc4n5-c4ccccc4)c3)nc(-c3ccc4c(c3)C3(c5ccc6ccccc6c5-4)C4CC5CC(C4)CC3C5)n2)cc1. The molecule has 4 fully saturated rings. The van der Waals surface area contributed by atoms with Gasteiger partial charge in [0.05, 0.1) is 11.0 Å². The van der Waals surface area contributed by atoms with Crippen molar-refractivity contribution in [2.45, 2.75) is 37.5 Å². The largest absolute Gasteiger partial charge is 0.309 e. The van der Waals surface area contributed by atoms with Crippen LogP contribution in [-0.2, 0) is 5.41 Å². The highest BCUT2D eigenvalue weighted by Gasteiger charge is 2.61. The molecule has 10 aromatic rings. The van der Waals surface area contributed by atoms with E-state index in [1.54, 1.807) is 5.56 Å². The topological polar surface area (TPSA) is 43.6 Å². The summed E-state index contributed by atoms with van der Waals surface area (Å²) in [7, 11) is 0. The smallest absolute Gasteiger partial charge is 0.164 e. The highest BCUT2D eigenvalue weighted by Crippen LogP contribution is 2.70. The predicted molar refractivity (Wildman–Crippen MR) is 257 cm³/mol. The molecule has 0 radical (unpaired) electrons. The van der Waals surface area contributed by atoms with Crippen molar-refractivity contribution in [1.29, 1.82) is 0 Å². The Morgan fingerprint density at radius 3 is 1.79 bits per heavy atom. The molecule has 8 aromatic carbocycles. The molecule has 0 N–H and O–H groups in total. The van der Waals surface area contributed by atoms with Gasteiger partial charge in [0.1, 0.15) is 0 Å². The average Bonchev–Trinajstić information content (AvgIpc) is 3.84. The summed E-state index contributed by atoms with van der Waals surface area (Å²) in [5.41, 5.74) is 14.8. The van der Waals surface area contributed by atoms with Gasteiger partial charge in [-0.25, -0.2) is 15.0 Å². The van der Waals surface area contributed by atoms with Gasteiger partial charge < -0.3 is 4.57 Å². The van der Waals surface area contributed by atoms with E-state index in [0.29, 0.717) is 23.5 Å². The third-order valence-electron chi connectivity index (χ3n) is 15.6. The van der Waals surface area contributed by atoms with E-state index >= 15 is 0 Å². The summed E-state index contributed by atoms with van der Waals surface area (Å²) in [6.45, 7) is 0. The van der Waals surface area contributed by atoms with Crippen LogP contribution in [0, 0.1) is 23.7 Å². The number of hydrogen-bond donors (Lipinski definition) is 0. The normalized spacial score (nSPS) is 21.7. The summed E-state index contributed by atoms with van der Waals surface area (Å²) in [5, 5.41) is 5.17. The minimum atomic E-state index is 0.0230. The van der Waals surface area contributed by atoms with Crippen LogP contribution in [0.4, 0.5) is 0 Å². The fourth-order valence-corrected chi connectivity index (χ4v) is 13.4. The average molecular weight is 809 g/mol. The number of nitrogens with zero attached hydrogens (tertiary/aromatic N) is 4. The predicted octanol–water partition coefficient (Wildman–Crippen LogP) is 14.5. The molecule has 1 spiro atoms. The highest BCUT2D eigenvalue weighted by atomic mass is 15.0. The molecule has 4 nitrogen and oxygen atoms in total. The molecule has 0 saturated heterocycles. The Morgan fingerprint density at radius 2 is 1.02 bits per heavy atom. The molecule has 2 aromatic heterocycles. The van der Waals surface area contributed by atoms with E-state index in [4.69, 9.17) is 15.0 Å². The van der Waals surface area contributed by atoms with Gasteiger partial charge in [-0.2, -0.15) is 0 Å². The number of rotatable bonds is 5. The molecule has 0 amide bonds. The molecule has 0 unspecified atom stereocenters. The fourth-order valence-electron chi connectivity index (χ4n) is 13.4. The van der Waals surface area contributed by atoms with Crippen molar-refractivity contribution < 1.29 is 0 Å². The van der Waals surface area contributed by atoms with Crippen LogP contribution in [0.1, 0.15) is 43.2 Å². The van der Waals surface area contributed by atoms with Gasteiger partial charge in [0.15, 0.2) is 17.5 Å². The Bertz CT molecular complexity index is 3450. The molecule has 4 heteroatoms. The second-order valence-corrected chi connectivity index (χ2v) is 18.8. The van der Waals surface area contributed by atoms with Crippen molar-refractivity contribution in [3.63, 3.8) is 0 Å². The Morgan fingerprint density at radius 1 is 0.413 bits per heavy atom. The summed E-state index contributed by atoms with van der Waals surface area (Å²) in [4.78, 5) is 16.0. The first-order valence-corrected chi connectivity index (χ1v) is 22.9. The van der Waals surface area contributed by atoms with Crippen molar-refractivity contribution in [3.8, 4) is 62.1 Å². The maximum Gasteiger partial charge on any atom is 0.164 e. The number of hydrogen-bond acceptors (Lipinski definition) is 3. The molecule has 4 saturated carbocycles. The number of para-hydroxylation sites is 2. The van der Waals surface area contributed by atoms with E-state index in [1.165, 1.54) is 86.9 Å².